The molecule has 2 rings (SSSR count). The lowest BCUT2D eigenvalue weighted by Crippen LogP contribution is -2.23. The molecule has 104 valence electrons. The van der Waals surface area contributed by atoms with Crippen molar-refractivity contribution >= 4 is 5.97 Å². The summed E-state index contributed by atoms with van der Waals surface area (Å²) in [6.45, 7) is 2.90. The van der Waals surface area contributed by atoms with Crippen molar-refractivity contribution in [3.05, 3.63) is 34.2 Å². The van der Waals surface area contributed by atoms with Gasteiger partial charge in [0.2, 0.25) is 0 Å². The Morgan fingerprint density at radius 1 is 1.42 bits per heavy atom. The third-order valence-electron chi connectivity index (χ3n) is 4.05. The summed E-state index contributed by atoms with van der Waals surface area (Å²) in [7, 11) is 0. The van der Waals surface area contributed by atoms with Crippen molar-refractivity contribution in [2.75, 3.05) is 0 Å². The molecule has 1 aliphatic carbocycles. The van der Waals surface area contributed by atoms with Crippen LogP contribution in [0, 0.1) is 11.8 Å². The zero-order valence-electron chi connectivity index (χ0n) is 11.3. The first kappa shape index (κ1) is 13.8. The first-order chi connectivity index (χ1) is 9.06. The first-order valence-corrected chi connectivity index (χ1v) is 7.00. The minimum Gasteiger partial charge on any atom is -0.478 e. The Labute approximate surface area is 113 Å². The Hall–Kier alpha value is -1.58. The summed E-state index contributed by atoms with van der Waals surface area (Å²) in [5, 5.41) is 8.94. The molecule has 0 amide bonds. The fourth-order valence-electron chi connectivity index (χ4n) is 2.98. The molecular formula is C15H21NO3. The largest absolute Gasteiger partial charge is 0.478 e. The lowest BCUT2D eigenvalue weighted by molar-refractivity contribution is 0.0695. The van der Waals surface area contributed by atoms with Gasteiger partial charge in [-0.05, 0) is 30.7 Å². The summed E-state index contributed by atoms with van der Waals surface area (Å²) < 4.78 is 1.53. The van der Waals surface area contributed by atoms with Crippen molar-refractivity contribution in [1.82, 2.24) is 4.57 Å². The highest BCUT2D eigenvalue weighted by Crippen LogP contribution is 2.30. The number of rotatable bonds is 4. The molecule has 0 saturated heterocycles. The Kier molecular flexibility index (Phi) is 4.40. The lowest BCUT2D eigenvalue weighted by Gasteiger charge is -2.26. The number of aryl methyl sites for hydroxylation is 1. The van der Waals surface area contributed by atoms with E-state index in [-0.39, 0.29) is 11.1 Å². The molecule has 1 N–H and O–H groups in total. The van der Waals surface area contributed by atoms with Gasteiger partial charge in [0.05, 0.1) is 5.56 Å². The lowest BCUT2D eigenvalue weighted by atomic mass is 9.81. The molecular weight excluding hydrogens is 242 g/mol. The highest BCUT2D eigenvalue weighted by Gasteiger charge is 2.18. The van der Waals surface area contributed by atoms with Gasteiger partial charge < -0.3 is 9.67 Å². The van der Waals surface area contributed by atoms with E-state index in [0.717, 1.165) is 12.3 Å². The average molecular weight is 263 g/mol. The number of carboxylic acids is 1. The summed E-state index contributed by atoms with van der Waals surface area (Å²) in [4.78, 5) is 22.6. The fourth-order valence-corrected chi connectivity index (χ4v) is 2.98. The Bertz CT molecular complexity index is 506. The van der Waals surface area contributed by atoms with E-state index in [0.29, 0.717) is 12.5 Å². The molecule has 19 heavy (non-hydrogen) atoms. The van der Waals surface area contributed by atoms with Gasteiger partial charge >= 0.3 is 5.97 Å². The number of aromatic nitrogens is 1. The Balaban J connectivity index is 2.00. The van der Waals surface area contributed by atoms with E-state index in [9.17, 15) is 9.59 Å². The predicted octanol–water partition coefficient (Wildman–Crippen LogP) is 2.76. The molecule has 2 atom stereocenters. The maximum Gasteiger partial charge on any atom is 0.337 e. The number of nitrogens with zero attached hydrogens (tertiary/aromatic N) is 1. The van der Waals surface area contributed by atoms with Crippen LogP contribution in [0.4, 0.5) is 0 Å². The molecule has 0 aromatic carbocycles. The summed E-state index contributed by atoms with van der Waals surface area (Å²) in [6.07, 6.45) is 7.47. The molecule has 0 aliphatic heterocycles. The number of hydrogen-bond donors (Lipinski definition) is 1. The van der Waals surface area contributed by atoms with Crippen molar-refractivity contribution in [3.63, 3.8) is 0 Å². The molecule has 1 aromatic heterocycles. The Morgan fingerprint density at radius 3 is 2.89 bits per heavy atom. The minimum absolute atomic E-state index is 0.117. The molecule has 1 aromatic rings. The van der Waals surface area contributed by atoms with Gasteiger partial charge in [0.15, 0.2) is 0 Å². The maximum absolute atomic E-state index is 11.7. The van der Waals surface area contributed by atoms with E-state index in [1.165, 1.54) is 48.6 Å². The van der Waals surface area contributed by atoms with Crippen LogP contribution in [0.5, 0.6) is 0 Å². The van der Waals surface area contributed by atoms with Crippen LogP contribution in [0.1, 0.15) is 49.4 Å². The molecule has 4 heteroatoms. The summed E-state index contributed by atoms with van der Waals surface area (Å²) >= 11 is 0. The van der Waals surface area contributed by atoms with Gasteiger partial charge in [-0.1, -0.05) is 26.2 Å². The van der Waals surface area contributed by atoms with Gasteiger partial charge in [0.1, 0.15) is 0 Å². The number of carboxylic acid groups (broad SMARTS) is 1. The van der Waals surface area contributed by atoms with Crippen LogP contribution >= 0.6 is 0 Å². The molecule has 1 saturated carbocycles. The SMILES string of the molecule is CC1CCCC(CCn2cc(C(=O)O)ccc2=O)C1. The molecule has 0 radical (unpaired) electrons. The second-order valence-electron chi connectivity index (χ2n) is 5.68. The van der Waals surface area contributed by atoms with E-state index in [1.54, 1.807) is 0 Å². The second kappa shape index (κ2) is 6.04. The second-order valence-corrected chi connectivity index (χ2v) is 5.68. The summed E-state index contributed by atoms with van der Waals surface area (Å²) in [5.41, 5.74) is 0.0606. The summed E-state index contributed by atoms with van der Waals surface area (Å²) in [5.74, 6) is 0.463. The Morgan fingerprint density at radius 2 is 2.21 bits per heavy atom. The topological polar surface area (TPSA) is 59.3 Å². The zero-order chi connectivity index (χ0) is 13.8. The fraction of sp³-hybridized carbons (Fsp3) is 0.600. The van der Waals surface area contributed by atoms with Crippen LogP contribution in [0.3, 0.4) is 0 Å². The van der Waals surface area contributed by atoms with Gasteiger partial charge in [0.25, 0.3) is 5.56 Å². The predicted molar refractivity (Wildman–Crippen MR) is 73.4 cm³/mol. The van der Waals surface area contributed by atoms with Crippen molar-refractivity contribution in [2.45, 2.75) is 45.6 Å². The van der Waals surface area contributed by atoms with Crippen molar-refractivity contribution < 1.29 is 9.90 Å². The zero-order valence-corrected chi connectivity index (χ0v) is 11.3. The number of carbonyl (C=O) groups is 1. The van der Waals surface area contributed by atoms with Crippen LogP contribution in [0.25, 0.3) is 0 Å². The smallest absolute Gasteiger partial charge is 0.337 e. The van der Waals surface area contributed by atoms with Crippen molar-refractivity contribution in [3.8, 4) is 0 Å². The minimum atomic E-state index is -0.986. The van der Waals surface area contributed by atoms with Gasteiger partial charge in [0, 0.05) is 18.8 Å². The number of aromatic carboxylic acids is 1. The van der Waals surface area contributed by atoms with E-state index in [2.05, 4.69) is 6.92 Å². The molecule has 4 nitrogen and oxygen atoms in total. The van der Waals surface area contributed by atoms with E-state index < -0.39 is 5.97 Å². The van der Waals surface area contributed by atoms with Gasteiger partial charge in [-0.3, -0.25) is 4.79 Å². The molecule has 0 bridgehead atoms. The highest BCUT2D eigenvalue weighted by atomic mass is 16.4. The standard InChI is InChI=1S/C15H21NO3/c1-11-3-2-4-12(9-11)7-8-16-10-13(15(18)19)5-6-14(16)17/h5-6,10-12H,2-4,7-9H2,1H3,(H,18,19). The quantitative estimate of drug-likeness (QED) is 0.908. The van der Waals surface area contributed by atoms with Crippen LogP contribution in [0.15, 0.2) is 23.1 Å². The van der Waals surface area contributed by atoms with E-state index in [1.807, 2.05) is 0 Å². The van der Waals surface area contributed by atoms with Crippen molar-refractivity contribution in [1.29, 1.82) is 0 Å². The summed E-state index contributed by atoms with van der Waals surface area (Å²) in [6, 6.07) is 2.71. The van der Waals surface area contributed by atoms with E-state index in [4.69, 9.17) is 5.11 Å². The van der Waals surface area contributed by atoms with Crippen LogP contribution in [-0.2, 0) is 6.54 Å². The van der Waals surface area contributed by atoms with Crippen LogP contribution in [0.2, 0.25) is 0 Å². The molecule has 1 aliphatic rings. The van der Waals surface area contributed by atoms with Crippen molar-refractivity contribution in [2.24, 2.45) is 11.8 Å². The monoisotopic (exact) mass is 263 g/mol. The van der Waals surface area contributed by atoms with Gasteiger partial charge in [-0.2, -0.15) is 0 Å². The van der Waals surface area contributed by atoms with E-state index >= 15 is 0 Å². The molecule has 1 fully saturated rings. The van der Waals surface area contributed by atoms with Gasteiger partial charge in [-0.25, -0.2) is 4.79 Å². The molecule has 2 unspecified atom stereocenters. The maximum atomic E-state index is 11.7. The average Bonchev–Trinajstić information content (AvgIpc) is 2.37. The number of pyridine rings is 1. The highest BCUT2D eigenvalue weighted by molar-refractivity contribution is 5.87. The van der Waals surface area contributed by atoms with Crippen LogP contribution in [-0.4, -0.2) is 15.6 Å². The third kappa shape index (κ3) is 3.69. The number of hydrogen-bond acceptors (Lipinski definition) is 2. The first-order valence-electron chi connectivity index (χ1n) is 7.00. The third-order valence-corrected chi connectivity index (χ3v) is 4.05. The molecule has 1 heterocycles. The normalized spacial score (nSPS) is 23.2. The molecule has 0 spiro atoms. The van der Waals surface area contributed by atoms with Crippen LogP contribution < -0.4 is 5.56 Å². The van der Waals surface area contributed by atoms with Gasteiger partial charge in [-0.15, -0.1) is 0 Å².